The zero-order valence-electron chi connectivity index (χ0n) is 11.1. The third kappa shape index (κ3) is 2.64. The Bertz CT molecular complexity index is 533. The van der Waals surface area contributed by atoms with Crippen molar-refractivity contribution in [1.82, 2.24) is 4.90 Å². The summed E-state index contributed by atoms with van der Waals surface area (Å²) < 4.78 is 31.5. The molecule has 6 heteroatoms. The number of carbonyl (C=O) groups excluding carboxylic acids is 2. The van der Waals surface area contributed by atoms with Crippen LogP contribution in [-0.4, -0.2) is 36.5 Å². The standard InChI is InChI=1S/C14H15F2NO3/c1-20-14(19)11-7-2-3-8-17(11)13(18)9-5-4-6-10(15)12(9)16/h4-6,11H,2-3,7-8H2,1H3. The maximum Gasteiger partial charge on any atom is 0.328 e. The molecule has 0 aliphatic carbocycles. The highest BCUT2D eigenvalue weighted by molar-refractivity contribution is 5.97. The molecule has 1 heterocycles. The van der Waals surface area contributed by atoms with Crippen molar-refractivity contribution in [3.8, 4) is 0 Å². The maximum atomic E-state index is 13.7. The molecule has 1 amide bonds. The highest BCUT2D eigenvalue weighted by atomic mass is 19.2. The van der Waals surface area contributed by atoms with Crippen molar-refractivity contribution >= 4 is 11.9 Å². The number of ether oxygens (including phenoxy) is 1. The van der Waals surface area contributed by atoms with Gasteiger partial charge < -0.3 is 9.64 Å². The lowest BCUT2D eigenvalue weighted by Crippen LogP contribution is -2.48. The zero-order valence-corrected chi connectivity index (χ0v) is 11.1. The second-order valence-corrected chi connectivity index (χ2v) is 4.63. The van der Waals surface area contributed by atoms with E-state index < -0.39 is 29.6 Å². The number of nitrogens with zero attached hydrogens (tertiary/aromatic N) is 1. The molecule has 2 rings (SSSR count). The number of carbonyl (C=O) groups is 2. The quantitative estimate of drug-likeness (QED) is 0.781. The van der Waals surface area contributed by atoms with Crippen molar-refractivity contribution in [3.63, 3.8) is 0 Å². The van der Waals surface area contributed by atoms with Gasteiger partial charge in [-0.1, -0.05) is 6.07 Å². The first-order valence-electron chi connectivity index (χ1n) is 6.39. The first kappa shape index (κ1) is 14.4. The molecule has 0 radical (unpaired) electrons. The molecule has 0 aromatic heterocycles. The van der Waals surface area contributed by atoms with Gasteiger partial charge in [-0.3, -0.25) is 4.79 Å². The molecule has 20 heavy (non-hydrogen) atoms. The van der Waals surface area contributed by atoms with Gasteiger partial charge in [-0.25, -0.2) is 13.6 Å². The number of hydrogen-bond donors (Lipinski definition) is 0. The van der Waals surface area contributed by atoms with Crippen LogP contribution in [0.2, 0.25) is 0 Å². The highest BCUT2D eigenvalue weighted by Crippen LogP contribution is 2.22. The minimum Gasteiger partial charge on any atom is -0.467 e. The first-order chi connectivity index (χ1) is 9.56. The topological polar surface area (TPSA) is 46.6 Å². The van der Waals surface area contributed by atoms with E-state index in [1.54, 1.807) is 0 Å². The Morgan fingerprint density at radius 1 is 1.30 bits per heavy atom. The lowest BCUT2D eigenvalue weighted by atomic mass is 10.0. The number of esters is 1. The van der Waals surface area contributed by atoms with Crippen LogP contribution in [0.1, 0.15) is 29.6 Å². The second kappa shape index (κ2) is 5.98. The van der Waals surface area contributed by atoms with E-state index in [9.17, 15) is 18.4 Å². The van der Waals surface area contributed by atoms with E-state index >= 15 is 0 Å². The van der Waals surface area contributed by atoms with Crippen LogP contribution in [0.5, 0.6) is 0 Å². The number of rotatable bonds is 2. The molecule has 1 fully saturated rings. The Balaban J connectivity index is 2.30. The largest absolute Gasteiger partial charge is 0.467 e. The SMILES string of the molecule is COC(=O)C1CCCCN1C(=O)c1cccc(F)c1F. The van der Waals surface area contributed by atoms with Crippen molar-refractivity contribution < 1.29 is 23.1 Å². The fourth-order valence-corrected chi connectivity index (χ4v) is 2.38. The summed E-state index contributed by atoms with van der Waals surface area (Å²) in [5, 5.41) is 0. The van der Waals surface area contributed by atoms with Gasteiger partial charge in [0.05, 0.1) is 12.7 Å². The van der Waals surface area contributed by atoms with Crippen LogP contribution in [0.15, 0.2) is 18.2 Å². The van der Waals surface area contributed by atoms with Crippen molar-refractivity contribution in [2.24, 2.45) is 0 Å². The summed E-state index contributed by atoms with van der Waals surface area (Å²) in [6, 6.07) is 2.69. The molecular formula is C14H15F2NO3. The number of likely N-dealkylation sites (tertiary alicyclic amines) is 1. The molecule has 108 valence electrons. The third-order valence-corrected chi connectivity index (χ3v) is 3.42. The molecule has 0 bridgehead atoms. The molecule has 0 N–H and O–H groups in total. The monoisotopic (exact) mass is 283 g/mol. The molecule has 1 atom stereocenters. The first-order valence-corrected chi connectivity index (χ1v) is 6.39. The summed E-state index contributed by atoms with van der Waals surface area (Å²) in [6.07, 6.45) is 1.97. The molecule has 1 saturated heterocycles. The predicted octanol–water partition coefficient (Wildman–Crippen LogP) is 2.13. The third-order valence-electron chi connectivity index (χ3n) is 3.42. The predicted molar refractivity (Wildman–Crippen MR) is 67.0 cm³/mol. The Kier molecular flexibility index (Phi) is 4.32. The number of hydrogen-bond acceptors (Lipinski definition) is 3. The van der Waals surface area contributed by atoms with Crippen LogP contribution in [0.25, 0.3) is 0 Å². The zero-order chi connectivity index (χ0) is 14.7. The van der Waals surface area contributed by atoms with E-state index in [0.717, 1.165) is 18.9 Å². The molecular weight excluding hydrogens is 268 g/mol. The van der Waals surface area contributed by atoms with Gasteiger partial charge in [-0.15, -0.1) is 0 Å². The van der Waals surface area contributed by atoms with Crippen LogP contribution in [0.4, 0.5) is 8.78 Å². The van der Waals surface area contributed by atoms with E-state index in [-0.39, 0.29) is 5.56 Å². The minimum absolute atomic E-state index is 0.328. The molecule has 0 spiro atoms. The maximum absolute atomic E-state index is 13.7. The molecule has 1 aliphatic rings. The van der Waals surface area contributed by atoms with Crippen molar-refractivity contribution in [3.05, 3.63) is 35.4 Å². The van der Waals surface area contributed by atoms with Gasteiger partial charge in [-0.2, -0.15) is 0 Å². The van der Waals surface area contributed by atoms with E-state index in [2.05, 4.69) is 4.74 Å². The molecule has 1 aromatic carbocycles. The number of methoxy groups -OCH3 is 1. The number of benzene rings is 1. The average Bonchev–Trinajstić information content (AvgIpc) is 2.48. The Hall–Kier alpha value is -1.98. The fourth-order valence-electron chi connectivity index (χ4n) is 2.38. The number of halogens is 2. The minimum atomic E-state index is -1.19. The summed E-state index contributed by atoms with van der Waals surface area (Å²) in [5.74, 6) is -3.49. The Morgan fingerprint density at radius 3 is 2.75 bits per heavy atom. The number of piperidine rings is 1. The fraction of sp³-hybridized carbons (Fsp3) is 0.429. The van der Waals surface area contributed by atoms with Crippen molar-refractivity contribution in [2.75, 3.05) is 13.7 Å². The highest BCUT2D eigenvalue weighted by Gasteiger charge is 2.34. The lowest BCUT2D eigenvalue weighted by Gasteiger charge is -2.33. The smallest absolute Gasteiger partial charge is 0.328 e. The summed E-state index contributed by atoms with van der Waals surface area (Å²) in [4.78, 5) is 25.3. The van der Waals surface area contributed by atoms with Gasteiger partial charge in [0.1, 0.15) is 6.04 Å². The van der Waals surface area contributed by atoms with Crippen LogP contribution in [-0.2, 0) is 9.53 Å². The van der Waals surface area contributed by atoms with Crippen molar-refractivity contribution in [1.29, 1.82) is 0 Å². The Morgan fingerprint density at radius 2 is 2.05 bits per heavy atom. The van der Waals surface area contributed by atoms with Crippen LogP contribution in [0.3, 0.4) is 0 Å². The molecule has 4 nitrogen and oxygen atoms in total. The summed E-state index contributed by atoms with van der Waals surface area (Å²) >= 11 is 0. The van der Waals surface area contributed by atoms with E-state index in [4.69, 9.17) is 0 Å². The Labute approximate surface area is 115 Å². The lowest BCUT2D eigenvalue weighted by molar-refractivity contribution is -0.147. The van der Waals surface area contributed by atoms with Crippen molar-refractivity contribution in [2.45, 2.75) is 25.3 Å². The van der Waals surface area contributed by atoms with Gasteiger partial charge in [0, 0.05) is 6.54 Å². The van der Waals surface area contributed by atoms with Gasteiger partial charge in [-0.05, 0) is 31.4 Å². The molecule has 1 aromatic rings. The van der Waals surface area contributed by atoms with Gasteiger partial charge in [0.15, 0.2) is 11.6 Å². The van der Waals surface area contributed by atoms with Crippen LogP contribution >= 0.6 is 0 Å². The number of amides is 1. The summed E-state index contributed by atoms with van der Waals surface area (Å²) in [6.45, 7) is 0.328. The summed E-state index contributed by atoms with van der Waals surface area (Å²) in [7, 11) is 1.24. The normalized spacial score (nSPS) is 18.8. The molecule has 1 aliphatic heterocycles. The molecule has 1 unspecified atom stereocenters. The van der Waals surface area contributed by atoms with E-state index in [1.807, 2.05) is 0 Å². The van der Waals surface area contributed by atoms with Crippen LogP contribution in [0, 0.1) is 11.6 Å². The average molecular weight is 283 g/mol. The van der Waals surface area contributed by atoms with Gasteiger partial charge in [0.2, 0.25) is 0 Å². The van der Waals surface area contributed by atoms with E-state index in [1.165, 1.54) is 24.1 Å². The van der Waals surface area contributed by atoms with Gasteiger partial charge >= 0.3 is 5.97 Å². The second-order valence-electron chi connectivity index (χ2n) is 4.63. The van der Waals surface area contributed by atoms with E-state index in [0.29, 0.717) is 13.0 Å². The molecule has 0 saturated carbocycles. The summed E-state index contributed by atoms with van der Waals surface area (Å²) in [5.41, 5.74) is -0.360. The van der Waals surface area contributed by atoms with Gasteiger partial charge in [0.25, 0.3) is 5.91 Å². The van der Waals surface area contributed by atoms with Crippen LogP contribution < -0.4 is 0 Å².